The maximum absolute atomic E-state index is 11.8. The van der Waals surface area contributed by atoms with Crippen molar-refractivity contribution in [2.24, 2.45) is 5.92 Å². The van der Waals surface area contributed by atoms with Gasteiger partial charge >= 0.3 is 5.97 Å². The first kappa shape index (κ1) is 13.4. The molecular weight excluding hydrogens is 246 g/mol. The highest BCUT2D eigenvalue weighted by Gasteiger charge is 2.43. The molecule has 1 aromatic carbocycles. The summed E-state index contributed by atoms with van der Waals surface area (Å²) in [6.07, 6.45) is 1.35. The van der Waals surface area contributed by atoms with Gasteiger partial charge in [0.25, 0.3) is 0 Å². The number of benzene rings is 1. The predicted octanol–water partition coefficient (Wildman–Crippen LogP) is 1.48. The molecule has 0 radical (unpaired) electrons. The van der Waals surface area contributed by atoms with E-state index in [1.807, 2.05) is 12.1 Å². The lowest BCUT2D eigenvalue weighted by Gasteiger charge is -2.04. The molecule has 2 atom stereocenters. The van der Waals surface area contributed by atoms with E-state index in [4.69, 9.17) is 5.11 Å². The molecule has 0 aromatic heterocycles. The van der Waals surface area contributed by atoms with Crippen molar-refractivity contribution in [3.8, 4) is 5.75 Å². The van der Waals surface area contributed by atoms with E-state index in [0.29, 0.717) is 13.0 Å². The van der Waals surface area contributed by atoms with Crippen LogP contribution in [0.5, 0.6) is 5.75 Å². The normalized spacial score (nSPS) is 20.8. The van der Waals surface area contributed by atoms with E-state index in [1.54, 1.807) is 12.1 Å². The zero-order valence-electron chi connectivity index (χ0n) is 10.5. The first-order chi connectivity index (χ1) is 9.08. The highest BCUT2D eigenvalue weighted by Crippen LogP contribution is 2.47. The van der Waals surface area contributed by atoms with Gasteiger partial charge in [-0.25, -0.2) is 0 Å². The lowest BCUT2D eigenvalue weighted by molar-refractivity contribution is -0.137. The van der Waals surface area contributed by atoms with Crippen LogP contribution < -0.4 is 5.32 Å². The Morgan fingerprint density at radius 2 is 1.95 bits per heavy atom. The Kier molecular flexibility index (Phi) is 4.04. The summed E-state index contributed by atoms with van der Waals surface area (Å²) in [5, 5.41) is 20.4. The third-order valence-corrected chi connectivity index (χ3v) is 3.32. The number of rotatable bonds is 6. The third-order valence-electron chi connectivity index (χ3n) is 3.32. The van der Waals surface area contributed by atoms with Crippen molar-refractivity contribution in [3.05, 3.63) is 29.8 Å². The van der Waals surface area contributed by atoms with Crippen molar-refractivity contribution in [3.63, 3.8) is 0 Å². The van der Waals surface area contributed by atoms with Gasteiger partial charge in [0.05, 0.1) is 0 Å². The summed E-state index contributed by atoms with van der Waals surface area (Å²) in [6.45, 7) is 0.407. The smallest absolute Gasteiger partial charge is 0.303 e. The monoisotopic (exact) mass is 263 g/mol. The quantitative estimate of drug-likeness (QED) is 0.678. The van der Waals surface area contributed by atoms with Gasteiger partial charge in [0.2, 0.25) is 5.91 Å². The van der Waals surface area contributed by atoms with Crippen LogP contribution in [0.4, 0.5) is 0 Å². The maximum atomic E-state index is 11.8. The largest absolute Gasteiger partial charge is 0.508 e. The molecule has 1 amide bonds. The Bertz CT molecular complexity index is 469. The van der Waals surface area contributed by atoms with Crippen molar-refractivity contribution in [1.82, 2.24) is 5.32 Å². The second-order valence-corrected chi connectivity index (χ2v) is 4.83. The van der Waals surface area contributed by atoms with Crippen LogP contribution >= 0.6 is 0 Å². The number of carbonyl (C=O) groups is 2. The van der Waals surface area contributed by atoms with Gasteiger partial charge in [-0.15, -0.1) is 0 Å². The fourth-order valence-corrected chi connectivity index (χ4v) is 2.16. The average molecular weight is 263 g/mol. The molecule has 0 bridgehead atoms. The summed E-state index contributed by atoms with van der Waals surface area (Å²) in [4.78, 5) is 22.1. The van der Waals surface area contributed by atoms with E-state index >= 15 is 0 Å². The minimum Gasteiger partial charge on any atom is -0.508 e. The van der Waals surface area contributed by atoms with Crippen LogP contribution in [0.3, 0.4) is 0 Å². The van der Waals surface area contributed by atoms with Crippen molar-refractivity contribution in [2.45, 2.75) is 25.2 Å². The standard InChI is InChI=1S/C14H17NO4/c16-10-5-3-9(4-6-10)11-8-12(11)14(19)15-7-1-2-13(17)18/h3-6,11-12,16H,1-2,7-8H2,(H,15,19)(H,17,18). The van der Waals surface area contributed by atoms with E-state index in [0.717, 1.165) is 12.0 Å². The van der Waals surface area contributed by atoms with Gasteiger partial charge < -0.3 is 15.5 Å². The molecule has 1 saturated carbocycles. The molecule has 3 N–H and O–H groups in total. The lowest BCUT2D eigenvalue weighted by Crippen LogP contribution is -2.26. The molecule has 0 saturated heterocycles. The predicted molar refractivity (Wildman–Crippen MR) is 68.8 cm³/mol. The number of aliphatic carboxylic acids is 1. The molecule has 0 aliphatic heterocycles. The van der Waals surface area contributed by atoms with Crippen LogP contribution in [0, 0.1) is 5.92 Å². The summed E-state index contributed by atoms with van der Waals surface area (Å²) < 4.78 is 0. The second-order valence-electron chi connectivity index (χ2n) is 4.83. The van der Waals surface area contributed by atoms with Crippen LogP contribution in [0.15, 0.2) is 24.3 Å². The number of carboxylic acid groups (broad SMARTS) is 1. The minimum absolute atomic E-state index is 0.0107. The average Bonchev–Trinajstić information content (AvgIpc) is 3.15. The van der Waals surface area contributed by atoms with Gasteiger partial charge in [-0.1, -0.05) is 12.1 Å². The zero-order chi connectivity index (χ0) is 13.8. The Morgan fingerprint density at radius 1 is 1.26 bits per heavy atom. The summed E-state index contributed by atoms with van der Waals surface area (Å²) in [7, 11) is 0. The molecular formula is C14H17NO4. The van der Waals surface area contributed by atoms with Crippen LogP contribution in [0.25, 0.3) is 0 Å². The Morgan fingerprint density at radius 3 is 2.58 bits per heavy atom. The second kappa shape index (κ2) is 5.73. The molecule has 2 rings (SSSR count). The van der Waals surface area contributed by atoms with E-state index in [9.17, 15) is 14.7 Å². The first-order valence-electron chi connectivity index (χ1n) is 6.36. The zero-order valence-corrected chi connectivity index (χ0v) is 10.5. The molecule has 1 aliphatic rings. The first-order valence-corrected chi connectivity index (χ1v) is 6.36. The summed E-state index contributed by atoms with van der Waals surface area (Å²) in [5.41, 5.74) is 1.06. The van der Waals surface area contributed by atoms with Crippen LogP contribution in [-0.2, 0) is 9.59 Å². The van der Waals surface area contributed by atoms with E-state index in [2.05, 4.69) is 5.32 Å². The molecule has 102 valence electrons. The van der Waals surface area contributed by atoms with E-state index in [1.165, 1.54) is 0 Å². The topological polar surface area (TPSA) is 86.6 Å². The molecule has 5 nitrogen and oxygen atoms in total. The van der Waals surface area contributed by atoms with Crippen molar-refractivity contribution in [2.75, 3.05) is 6.54 Å². The highest BCUT2D eigenvalue weighted by atomic mass is 16.4. The van der Waals surface area contributed by atoms with Crippen LogP contribution in [0.1, 0.15) is 30.7 Å². The number of phenolic OH excluding ortho intramolecular Hbond substituents is 1. The molecule has 0 heterocycles. The van der Waals surface area contributed by atoms with Gasteiger partial charge in [0.15, 0.2) is 0 Å². The number of carboxylic acids is 1. The molecule has 19 heavy (non-hydrogen) atoms. The van der Waals surface area contributed by atoms with Gasteiger partial charge in [0, 0.05) is 18.9 Å². The Balaban J connectivity index is 1.74. The maximum Gasteiger partial charge on any atom is 0.303 e. The Labute approximate surface area is 111 Å². The SMILES string of the molecule is O=C(O)CCCNC(=O)C1CC1c1ccc(O)cc1. The molecule has 5 heteroatoms. The van der Waals surface area contributed by atoms with E-state index in [-0.39, 0.29) is 29.9 Å². The highest BCUT2D eigenvalue weighted by molar-refractivity contribution is 5.82. The summed E-state index contributed by atoms with van der Waals surface area (Å²) in [5.74, 6) is -0.431. The minimum atomic E-state index is -0.845. The number of amides is 1. The van der Waals surface area contributed by atoms with Crippen molar-refractivity contribution < 1.29 is 19.8 Å². The van der Waals surface area contributed by atoms with Gasteiger partial charge in [-0.3, -0.25) is 9.59 Å². The van der Waals surface area contributed by atoms with Crippen molar-refractivity contribution >= 4 is 11.9 Å². The number of hydrogen-bond acceptors (Lipinski definition) is 3. The van der Waals surface area contributed by atoms with Crippen LogP contribution in [0.2, 0.25) is 0 Å². The number of nitrogens with one attached hydrogen (secondary N) is 1. The molecule has 0 spiro atoms. The van der Waals surface area contributed by atoms with Crippen molar-refractivity contribution in [1.29, 1.82) is 0 Å². The van der Waals surface area contributed by atoms with Gasteiger partial charge in [-0.05, 0) is 36.5 Å². The van der Waals surface area contributed by atoms with Crippen LogP contribution in [-0.4, -0.2) is 28.6 Å². The lowest BCUT2D eigenvalue weighted by atomic mass is 10.1. The summed E-state index contributed by atoms with van der Waals surface area (Å²) >= 11 is 0. The molecule has 1 fully saturated rings. The number of aromatic hydroxyl groups is 1. The Hall–Kier alpha value is -2.04. The van der Waals surface area contributed by atoms with E-state index < -0.39 is 5.97 Å². The molecule has 1 aliphatic carbocycles. The van der Waals surface area contributed by atoms with Gasteiger partial charge in [0.1, 0.15) is 5.75 Å². The summed E-state index contributed by atoms with van der Waals surface area (Å²) in [6, 6.07) is 6.90. The fourth-order valence-electron chi connectivity index (χ4n) is 2.16. The fraction of sp³-hybridized carbons (Fsp3) is 0.429. The van der Waals surface area contributed by atoms with Gasteiger partial charge in [-0.2, -0.15) is 0 Å². The number of carbonyl (C=O) groups excluding carboxylic acids is 1. The third kappa shape index (κ3) is 3.71. The number of hydrogen-bond donors (Lipinski definition) is 3. The molecule has 1 aromatic rings. The number of phenols is 1. The molecule has 2 unspecified atom stereocenters.